The molecule has 0 aliphatic heterocycles. The van der Waals surface area contributed by atoms with Crippen molar-refractivity contribution in [2.75, 3.05) is 13.7 Å². The van der Waals surface area contributed by atoms with Gasteiger partial charge in [0.05, 0.1) is 7.11 Å². The number of hydrogen-bond donors (Lipinski definition) is 3. The first-order valence-electron chi connectivity index (χ1n) is 14.3. The van der Waals surface area contributed by atoms with Crippen LogP contribution in [0.2, 0.25) is 0 Å². The van der Waals surface area contributed by atoms with Crippen LogP contribution in [0.1, 0.15) is 85.7 Å². The van der Waals surface area contributed by atoms with Crippen LogP contribution in [0.25, 0.3) is 0 Å². The van der Waals surface area contributed by atoms with E-state index in [1.165, 1.54) is 25.0 Å². The third-order valence-corrected chi connectivity index (χ3v) is 8.28. The Morgan fingerprint density at radius 3 is 2.62 bits per heavy atom. The zero-order chi connectivity index (χ0) is 28.9. The number of primary amides is 1. The monoisotopic (exact) mass is 616 g/mol. The molecule has 2 aromatic carbocycles. The van der Waals surface area contributed by atoms with Crippen molar-refractivity contribution in [3.05, 3.63) is 63.4 Å². The lowest BCUT2D eigenvalue weighted by Crippen LogP contribution is -2.37. The second-order valence-corrected chi connectivity index (χ2v) is 11.5. The number of halogens is 2. The van der Waals surface area contributed by atoms with Gasteiger partial charge in [0, 0.05) is 28.1 Å². The summed E-state index contributed by atoms with van der Waals surface area (Å²) in [6.45, 7) is 0.513. The Labute approximate surface area is 245 Å². The average molecular weight is 618 g/mol. The number of carbonyl (C=O) groups excluding carboxylic acids is 2. The highest BCUT2D eigenvalue weighted by Gasteiger charge is 2.21. The van der Waals surface area contributed by atoms with Gasteiger partial charge in [-0.25, -0.2) is 4.39 Å². The molecule has 40 heavy (non-hydrogen) atoms. The Balaban J connectivity index is 1.46. The van der Waals surface area contributed by atoms with E-state index >= 15 is 0 Å². The van der Waals surface area contributed by atoms with Crippen LogP contribution < -0.4 is 21.5 Å². The van der Waals surface area contributed by atoms with Crippen LogP contribution in [-0.4, -0.2) is 31.4 Å². The van der Waals surface area contributed by atoms with Crippen LogP contribution in [-0.2, 0) is 17.6 Å². The maximum absolute atomic E-state index is 14.8. The quantitative estimate of drug-likeness (QED) is 0.152. The van der Waals surface area contributed by atoms with Crippen molar-refractivity contribution in [1.82, 2.24) is 5.32 Å². The number of aryl methyl sites for hydroxylation is 1. The molecule has 0 radical (unpaired) electrons. The minimum atomic E-state index is -0.476. The SMILES string of the molecule is COc1ccc(Br)cc1CCc1c(F)cccc1C(=O)NC(N)=NCCCCCC1CCCCC(C(N)=O)CC1. The van der Waals surface area contributed by atoms with E-state index in [1.807, 2.05) is 18.2 Å². The summed E-state index contributed by atoms with van der Waals surface area (Å²) in [5.41, 5.74) is 13.0. The number of unbranched alkanes of at least 4 members (excludes halogenated alkanes) is 2. The van der Waals surface area contributed by atoms with Gasteiger partial charge in [0.1, 0.15) is 11.6 Å². The molecule has 7 nitrogen and oxygen atoms in total. The Bertz CT molecular complexity index is 1170. The summed E-state index contributed by atoms with van der Waals surface area (Å²) >= 11 is 3.46. The molecule has 2 amide bonds. The topological polar surface area (TPSA) is 120 Å². The van der Waals surface area contributed by atoms with Crippen molar-refractivity contribution in [2.45, 2.75) is 77.0 Å². The van der Waals surface area contributed by atoms with E-state index in [4.69, 9.17) is 16.2 Å². The van der Waals surface area contributed by atoms with Gasteiger partial charge in [0.15, 0.2) is 5.96 Å². The molecule has 0 spiro atoms. The minimum absolute atomic E-state index is 0.0337. The molecule has 218 valence electrons. The fourth-order valence-electron chi connectivity index (χ4n) is 5.49. The average Bonchev–Trinajstić information content (AvgIpc) is 2.90. The molecule has 1 fully saturated rings. The van der Waals surface area contributed by atoms with Gasteiger partial charge < -0.3 is 16.2 Å². The Hall–Kier alpha value is -2.94. The molecule has 2 atom stereocenters. The lowest BCUT2D eigenvalue weighted by molar-refractivity contribution is -0.122. The van der Waals surface area contributed by atoms with Crippen LogP contribution in [0, 0.1) is 17.7 Å². The largest absolute Gasteiger partial charge is 0.496 e. The number of nitrogens with two attached hydrogens (primary N) is 2. The van der Waals surface area contributed by atoms with Gasteiger partial charge in [0.2, 0.25) is 5.91 Å². The van der Waals surface area contributed by atoms with E-state index in [9.17, 15) is 14.0 Å². The third-order valence-electron chi connectivity index (χ3n) is 7.79. The molecule has 0 heterocycles. The lowest BCUT2D eigenvalue weighted by atomic mass is 9.83. The molecule has 1 aliphatic carbocycles. The molecule has 0 aromatic heterocycles. The molecule has 0 bridgehead atoms. The normalized spacial score (nSPS) is 18.0. The van der Waals surface area contributed by atoms with E-state index in [0.29, 0.717) is 36.6 Å². The second-order valence-electron chi connectivity index (χ2n) is 10.6. The van der Waals surface area contributed by atoms with Gasteiger partial charge in [-0.3, -0.25) is 19.9 Å². The molecule has 5 N–H and O–H groups in total. The molecule has 9 heteroatoms. The highest BCUT2D eigenvalue weighted by atomic mass is 79.9. The van der Waals surface area contributed by atoms with Crippen molar-refractivity contribution in [1.29, 1.82) is 0 Å². The number of hydrogen-bond acceptors (Lipinski definition) is 4. The predicted octanol–water partition coefficient (Wildman–Crippen LogP) is 6.06. The fourth-order valence-corrected chi connectivity index (χ4v) is 5.90. The third kappa shape index (κ3) is 9.91. The van der Waals surface area contributed by atoms with Gasteiger partial charge >= 0.3 is 0 Å². The van der Waals surface area contributed by atoms with Crippen molar-refractivity contribution >= 4 is 33.7 Å². The van der Waals surface area contributed by atoms with Gasteiger partial charge in [-0.1, -0.05) is 60.5 Å². The number of guanidine groups is 1. The number of amides is 2. The van der Waals surface area contributed by atoms with Gasteiger partial charge in [-0.2, -0.15) is 0 Å². The highest BCUT2D eigenvalue weighted by molar-refractivity contribution is 9.10. The zero-order valence-electron chi connectivity index (χ0n) is 23.4. The molecule has 0 saturated heterocycles. The fraction of sp³-hybridized carbons (Fsp3) is 0.516. The first-order chi connectivity index (χ1) is 19.3. The lowest BCUT2D eigenvalue weighted by Gasteiger charge is -2.23. The molecule has 1 saturated carbocycles. The van der Waals surface area contributed by atoms with Gasteiger partial charge in [0.25, 0.3) is 5.91 Å². The van der Waals surface area contributed by atoms with E-state index in [0.717, 1.165) is 61.4 Å². The number of ether oxygens (including phenoxy) is 1. The first-order valence-corrected chi connectivity index (χ1v) is 15.1. The standard InChI is InChI=1S/C31H42BrFN4O3/c1-40-28-18-16-24(32)20-23(28)15-17-25-26(11-7-12-27(25)33)30(39)37-31(35)36-19-6-2-3-8-21-9-4-5-10-22(14-13-21)29(34)38/h7,11-12,16,18,20-22H,2-6,8-10,13-15,17,19H2,1H3,(H2,34,38)(H3,35,36,37,39). The van der Waals surface area contributed by atoms with Crippen LogP contribution in [0.15, 0.2) is 45.9 Å². The molecule has 1 aliphatic rings. The van der Waals surface area contributed by atoms with E-state index < -0.39 is 11.7 Å². The summed E-state index contributed by atoms with van der Waals surface area (Å²) in [6, 6.07) is 10.1. The van der Waals surface area contributed by atoms with Gasteiger partial charge in [-0.15, -0.1) is 0 Å². The zero-order valence-corrected chi connectivity index (χ0v) is 25.0. The molecular formula is C31H42BrFN4O3. The number of carbonyl (C=O) groups is 2. The summed E-state index contributed by atoms with van der Waals surface area (Å²) in [5.74, 6) is 0.364. The first kappa shape index (κ1) is 31.6. The molecule has 3 rings (SSSR count). The smallest absolute Gasteiger partial charge is 0.258 e. The maximum Gasteiger partial charge on any atom is 0.258 e. The molecular weight excluding hydrogens is 575 g/mol. The minimum Gasteiger partial charge on any atom is -0.496 e. The second kappa shape index (κ2) is 16.4. The van der Waals surface area contributed by atoms with Crippen LogP contribution >= 0.6 is 15.9 Å². The van der Waals surface area contributed by atoms with Crippen molar-refractivity contribution in [3.63, 3.8) is 0 Å². The van der Waals surface area contributed by atoms with E-state index in [1.54, 1.807) is 13.2 Å². The Morgan fingerprint density at radius 2 is 1.85 bits per heavy atom. The Kier molecular flexibility index (Phi) is 12.9. The predicted molar refractivity (Wildman–Crippen MR) is 161 cm³/mol. The number of methoxy groups -OCH3 is 1. The van der Waals surface area contributed by atoms with E-state index in [-0.39, 0.29) is 23.3 Å². The number of nitrogens with one attached hydrogen (secondary N) is 1. The van der Waals surface area contributed by atoms with Crippen molar-refractivity contribution in [2.24, 2.45) is 28.3 Å². The number of rotatable bonds is 12. The maximum atomic E-state index is 14.8. The molecule has 2 aromatic rings. The summed E-state index contributed by atoms with van der Waals surface area (Å²) in [4.78, 5) is 28.8. The van der Waals surface area contributed by atoms with Crippen LogP contribution in [0.3, 0.4) is 0 Å². The molecule has 2 unspecified atom stereocenters. The summed E-state index contributed by atoms with van der Waals surface area (Å²) < 4.78 is 21.1. The van der Waals surface area contributed by atoms with E-state index in [2.05, 4.69) is 26.2 Å². The number of benzene rings is 2. The van der Waals surface area contributed by atoms with Crippen molar-refractivity contribution in [3.8, 4) is 5.75 Å². The summed E-state index contributed by atoms with van der Waals surface area (Å²) in [6.07, 6.45) is 11.3. The highest BCUT2D eigenvalue weighted by Crippen LogP contribution is 2.29. The number of aliphatic imine (C=N–C) groups is 1. The summed E-state index contributed by atoms with van der Waals surface area (Å²) in [5, 5.41) is 2.61. The van der Waals surface area contributed by atoms with Gasteiger partial charge in [-0.05, 0) is 80.3 Å². The van der Waals surface area contributed by atoms with Crippen LogP contribution in [0.5, 0.6) is 5.75 Å². The van der Waals surface area contributed by atoms with Crippen molar-refractivity contribution < 1.29 is 18.7 Å². The van der Waals surface area contributed by atoms with Crippen LogP contribution in [0.4, 0.5) is 4.39 Å². The summed E-state index contributed by atoms with van der Waals surface area (Å²) in [7, 11) is 1.59. The number of nitrogens with zero attached hydrogens (tertiary/aromatic N) is 1. The Morgan fingerprint density at radius 1 is 1.05 bits per heavy atom.